The molecule has 0 radical (unpaired) electrons. The highest BCUT2D eigenvalue weighted by atomic mass is 16.7. The Kier molecular flexibility index (Phi) is 4.45. The standard InChI is InChI=1S/C16H16NO2/c1-2-19-17-13-7-6-10-15(17)16(18)12-11-14-8-4-3-5-9-14/h3-13H,2H2,1H3/q+1. The van der Waals surface area contributed by atoms with Crippen LogP contribution in [0.15, 0.2) is 60.8 Å². The maximum Gasteiger partial charge on any atom is 0.304 e. The smallest absolute Gasteiger partial charge is 0.282 e. The topological polar surface area (TPSA) is 30.2 Å². The number of carbonyl (C=O) groups excluding carboxylic acids is 1. The number of hydrogen-bond donors (Lipinski definition) is 0. The van der Waals surface area contributed by atoms with E-state index in [-0.39, 0.29) is 5.78 Å². The summed E-state index contributed by atoms with van der Waals surface area (Å²) in [6, 6.07) is 15.1. The summed E-state index contributed by atoms with van der Waals surface area (Å²) >= 11 is 0. The van der Waals surface area contributed by atoms with Gasteiger partial charge >= 0.3 is 5.69 Å². The van der Waals surface area contributed by atoms with Gasteiger partial charge in [-0.25, -0.2) is 0 Å². The summed E-state index contributed by atoms with van der Waals surface area (Å²) in [4.78, 5) is 17.5. The average Bonchev–Trinajstić information content (AvgIpc) is 2.47. The monoisotopic (exact) mass is 254 g/mol. The molecule has 0 unspecified atom stereocenters. The van der Waals surface area contributed by atoms with Gasteiger partial charge in [0, 0.05) is 16.9 Å². The van der Waals surface area contributed by atoms with Gasteiger partial charge in [0.25, 0.3) is 5.78 Å². The highest BCUT2D eigenvalue weighted by Crippen LogP contribution is 2.03. The molecule has 0 fully saturated rings. The molecule has 2 aromatic rings. The van der Waals surface area contributed by atoms with Crippen LogP contribution in [0.5, 0.6) is 0 Å². The fourth-order valence-corrected chi connectivity index (χ4v) is 1.69. The van der Waals surface area contributed by atoms with E-state index in [9.17, 15) is 4.79 Å². The van der Waals surface area contributed by atoms with E-state index in [4.69, 9.17) is 4.84 Å². The zero-order valence-corrected chi connectivity index (χ0v) is 10.8. The minimum atomic E-state index is -0.0853. The van der Waals surface area contributed by atoms with Gasteiger partial charge in [0.1, 0.15) is 0 Å². The van der Waals surface area contributed by atoms with Crippen molar-refractivity contribution in [1.82, 2.24) is 0 Å². The second-order valence-corrected chi connectivity index (χ2v) is 3.94. The Hall–Kier alpha value is -2.42. The minimum Gasteiger partial charge on any atom is -0.282 e. The van der Waals surface area contributed by atoms with Crippen LogP contribution < -0.4 is 9.57 Å². The average molecular weight is 254 g/mol. The van der Waals surface area contributed by atoms with Gasteiger partial charge in [-0.1, -0.05) is 36.4 Å². The van der Waals surface area contributed by atoms with Crippen LogP contribution in [0, 0.1) is 0 Å². The van der Waals surface area contributed by atoms with Crippen molar-refractivity contribution < 1.29 is 14.4 Å². The molecule has 1 aromatic heterocycles. The lowest BCUT2D eigenvalue weighted by Gasteiger charge is -1.98. The van der Waals surface area contributed by atoms with Gasteiger partial charge in [0.15, 0.2) is 6.61 Å². The summed E-state index contributed by atoms with van der Waals surface area (Å²) in [6.07, 6.45) is 5.08. The van der Waals surface area contributed by atoms with Crippen molar-refractivity contribution in [2.24, 2.45) is 0 Å². The van der Waals surface area contributed by atoms with Crippen LogP contribution in [0.1, 0.15) is 23.0 Å². The molecule has 1 aromatic carbocycles. The third-order valence-corrected chi connectivity index (χ3v) is 2.57. The quantitative estimate of drug-likeness (QED) is 0.465. The lowest BCUT2D eigenvalue weighted by molar-refractivity contribution is -0.891. The summed E-state index contributed by atoms with van der Waals surface area (Å²) in [5.74, 6) is -0.0853. The molecule has 0 spiro atoms. The first kappa shape index (κ1) is 13.0. The number of hydrogen-bond acceptors (Lipinski definition) is 2. The molecule has 0 N–H and O–H groups in total. The van der Waals surface area contributed by atoms with E-state index in [1.165, 1.54) is 4.73 Å². The second kappa shape index (κ2) is 6.50. The summed E-state index contributed by atoms with van der Waals surface area (Å²) in [5, 5.41) is 0. The Morgan fingerprint density at radius 2 is 1.89 bits per heavy atom. The first-order chi connectivity index (χ1) is 9.31. The molecular weight excluding hydrogens is 238 g/mol. The molecular formula is C16H16NO2+. The molecule has 0 saturated heterocycles. The number of allylic oxidation sites excluding steroid dienone is 1. The third-order valence-electron chi connectivity index (χ3n) is 2.57. The molecule has 0 aliphatic carbocycles. The minimum absolute atomic E-state index is 0.0853. The summed E-state index contributed by atoms with van der Waals surface area (Å²) in [7, 11) is 0. The van der Waals surface area contributed by atoms with Gasteiger partial charge in [-0.05, 0) is 24.6 Å². The first-order valence-electron chi connectivity index (χ1n) is 6.22. The molecule has 0 aliphatic rings. The van der Waals surface area contributed by atoms with Crippen molar-refractivity contribution in [3.63, 3.8) is 0 Å². The van der Waals surface area contributed by atoms with E-state index in [0.29, 0.717) is 12.3 Å². The number of ketones is 1. The molecule has 3 nitrogen and oxygen atoms in total. The van der Waals surface area contributed by atoms with Crippen LogP contribution in [0.2, 0.25) is 0 Å². The van der Waals surface area contributed by atoms with Gasteiger partial charge in [-0.15, -0.1) is 0 Å². The highest BCUT2D eigenvalue weighted by Gasteiger charge is 2.17. The summed E-state index contributed by atoms with van der Waals surface area (Å²) < 4.78 is 1.50. The molecule has 0 bridgehead atoms. The van der Waals surface area contributed by atoms with Crippen LogP contribution in [0.25, 0.3) is 6.08 Å². The fourth-order valence-electron chi connectivity index (χ4n) is 1.69. The Morgan fingerprint density at radius 3 is 2.63 bits per heavy atom. The largest absolute Gasteiger partial charge is 0.304 e. The first-order valence-corrected chi connectivity index (χ1v) is 6.22. The van der Waals surface area contributed by atoms with E-state index < -0.39 is 0 Å². The van der Waals surface area contributed by atoms with Crippen molar-refractivity contribution in [3.05, 3.63) is 72.1 Å². The molecule has 0 saturated carbocycles. The number of aromatic nitrogens is 1. The van der Waals surface area contributed by atoms with Gasteiger partial charge in [-0.3, -0.25) is 9.63 Å². The molecule has 0 amide bonds. The number of rotatable bonds is 5. The van der Waals surface area contributed by atoms with Gasteiger partial charge < -0.3 is 0 Å². The number of benzene rings is 1. The van der Waals surface area contributed by atoms with Crippen molar-refractivity contribution >= 4 is 11.9 Å². The Balaban J connectivity index is 2.18. The van der Waals surface area contributed by atoms with Crippen LogP contribution in [-0.2, 0) is 0 Å². The zero-order valence-electron chi connectivity index (χ0n) is 10.8. The van der Waals surface area contributed by atoms with Crippen molar-refractivity contribution in [1.29, 1.82) is 0 Å². The highest BCUT2D eigenvalue weighted by molar-refractivity contribution is 6.04. The molecule has 0 atom stereocenters. The third kappa shape index (κ3) is 3.52. The molecule has 2 rings (SSSR count). The van der Waals surface area contributed by atoms with E-state index in [0.717, 1.165) is 5.56 Å². The molecule has 3 heteroatoms. The lowest BCUT2D eigenvalue weighted by Crippen LogP contribution is -2.47. The van der Waals surface area contributed by atoms with E-state index in [1.807, 2.05) is 49.4 Å². The Bertz CT molecular complexity index is 576. The predicted octanol–water partition coefficient (Wildman–Crippen LogP) is 2.32. The number of nitrogens with zero attached hydrogens (tertiary/aromatic N) is 1. The van der Waals surface area contributed by atoms with E-state index in [1.54, 1.807) is 24.4 Å². The maximum absolute atomic E-state index is 12.1. The lowest BCUT2D eigenvalue weighted by atomic mass is 10.1. The second-order valence-electron chi connectivity index (χ2n) is 3.94. The fraction of sp³-hybridized carbons (Fsp3) is 0.125. The normalized spacial score (nSPS) is 10.6. The van der Waals surface area contributed by atoms with Gasteiger partial charge in [-0.2, -0.15) is 0 Å². The summed E-state index contributed by atoms with van der Waals surface area (Å²) in [6.45, 7) is 2.39. The van der Waals surface area contributed by atoms with Crippen LogP contribution in [0.4, 0.5) is 0 Å². The zero-order chi connectivity index (χ0) is 13.5. The van der Waals surface area contributed by atoms with Crippen LogP contribution in [0.3, 0.4) is 0 Å². The van der Waals surface area contributed by atoms with Crippen LogP contribution >= 0.6 is 0 Å². The SMILES string of the molecule is CCO[n+]1ccccc1C(=O)C=Cc1ccccc1. The number of carbonyl (C=O) groups is 1. The van der Waals surface area contributed by atoms with E-state index in [2.05, 4.69) is 0 Å². The molecule has 0 aliphatic heterocycles. The van der Waals surface area contributed by atoms with Crippen molar-refractivity contribution in [2.45, 2.75) is 6.92 Å². The summed E-state index contributed by atoms with van der Waals surface area (Å²) in [5.41, 5.74) is 1.51. The van der Waals surface area contributed by atoms with Gasteiger partial charge in [0.2, 0.25) is 6.20 Å². The van der Waals surface area contributed by atoms with Crippen molar-refractivity contribution in [3.8, 4) is 0 Å². The predicted molar refractivity (Wildman–Crippen MR) is 73.6 cm³/mol. The molecule has 1 heterocycles. The Morgan fingerprint density at radius 1 is 1.16 bits per heavy atom. The Labute approximate surface area is 112 Å². The van der Waals surface area contributed by atoms with E-state index >= 15 is 0 Å². The number of pyridine rings is 1. The van der Waals surface area contributed by atoms with Crippen LogP contribution in [-0.4, -0.2) is 12.4 Å². The molecule has 19 heavy (non-hydrogen) atoms. The molecule has 96 valence electrons. The maximum atomic E-state index is 12.1. The van der Waals surface area contributed by atoms with Crippen molar-refractivity contribution in [2.75, 3.05) is 6.61 Å². The van der Waals surface area contributed by atoms with Gasteiger partial charge in [0.05, 0.1) is 0 Å².